The molecule has 22 heavy (non-hydrogen) atoms. The van der Waals surface area contributed by atoms with Gasteiger partial charge in [-0.2, -0.15) is 0 Å². The summed E-state index contributed by atoms with van der Waals surface area (Å²) in [5, 5.41) is 9.52. The smallest absolute Gasteiger partial charge is 0.336 e. The van der Waals surface area contributed by atoms with Crippen molar-refractivity contribution in [2.45, 2.75) is 46.5 Å². The Balaban J connectivity index is 2.33. The third-order valence-electron chi connectivity index (χ3n) is 3.72. The van der Waals surface area contributed by atoms with Gasteiger partial charge in [0.15, 0.2) is 0 Å². The first-order chi connectivity index (χ1) is 10.3. The van der Waals surface area contributed by atoms with Gasteiger partial charge < -0.3 is 9.84 Å². The van der Waals surface area contributed by atoms with E-state index in [1.165, 1.54) is 0 Å². The molecule has 0 amide bonds. The van der Waals surface area contributed by atoms with E-state index in [1.807, 2.05) is 0 Å². The van der Waals surface area contributed by atoms with Crippen molar-refractivity contribution in [2.24, 2.45) is 5.41 Å². The molecule has 1 aliphatic rings. The van der Waals surface area contributed by atoms with Crippen LogP contribution in [0.4, 0.5) is 0 Å². The molecule has 4 heteroatoms. The summed E-state index contributed by atoms with van der Waals surface area (Å²) in [6.07, 6.45) is 3.72. The Morgan fingerprint density at radius 3 is 2.32 bits per heavy atom. The molecule has 1 aromatic rings. The van der Waals surface area contributed by atoms with E-state index < -0.39 is 11.4 Å². The number of ether oxygens (including phenoxy) is 1. The number of benzene rings is 1. The molecule has 0 unspecified atom stereocenters. The third kappa shape index (κ3) is 3.75. The molecule has 0 atom stereocenters. The lowest BCUT2D eigenvalue weighted by atomic mass is 9.97. The molecular weight excluding hydrogens is 280 g/mol. The number of carbonyl (C=O) groups is 2. The van der Waals surface area contributed by atoms with Gasteiger partial charge in [-0.25, -0.2) is 4.79 Å². The summed E-state index contributed by atoms with van der Waals surface area (Å²) in [5.41, 5.74) is 1.33. The number of allylic oxidation sites excluding steroid dienone is 1. The number of aliphatic carboxylic acids is 1. The van der Waals surface area contributed by atoms with Crippen LogP contribution in [-0.2, 0) is 9.59 Å². The van der Waals surface area contributed by atoms with Crippen LogP contribution >= 0.6 is 0 Å². The molecule has 0 bridgehead atoms. The largest absolute Gasteiger partial charge is 0.478 e. The quantitative estimate of drug-likeness (QED) is 0.520. The van der Waals surface area contributed by atoms with Crippen molar-refractivity contribution in [3.8, 4) is 5.75 Å². The van der Waals surface area contributed by atoms with Crippen LogP contribution in [0.5, 0.6) is 5.75 Å². The minimum absolute atomic E-state index is 0.338. The zero-order valence-corrected chi connectivity index (χ0v) is 13.3. The maximum Gasteiger partial charge on any atom is 0.336 e. The molecule has 0 aliphatic heterocycles. The highest BCUT2D eigenvalue weighted by Gasteiger charge is 2.24. The number of carboxylic acid groups (broad SMARTS) is 1. The van der Waals surface area contributed by atoms with Crippen molar-refractivity contribution in [2.75, 3.05) is 0 Å². The molecule has 0 saturated heterocycles. The number of hydrogen-bond acceptors (Lipinski definition) is 3. The standard InChI is InChI=1S/C18H22O4/c1-18(2,3)17(21)22-14-10-6-9-13(11-14)15(16(19)20)12-7-4-5-8-12/h6,9-11H,4-5,7-8H2,1-3H3,(H,19,20). The molecule has 1 aliphatic carbocycles. The molecule has 118 valence electrons. The fourth-order valence-electron chi connectivity index (χ4n) is 2.51. The first-order valence-electron chi connectivity index (χ1n) is 7.57. The molecule has 2 rings (SSSR count). The van der Waals surface area contributed by atoms with Crippen LogP contribution in [0.15, 0.2) is 29.8 Å². The van der Waals surface area contributed by atoms with E-state index in [1.54, 1.807) is 45.0 Å². The summed E-state index contributed by atoms with van der Waals surface area (Å²) < 4.78 is 5.36. The van der Waals surface area contributed by atoms with Crippen LogP contribution in [0.1, 0.15) is 52.0 Å². The van der Waals surface area contributed by atoms with Gasteiger partial charge >= 0.3 is 11.9 Å². The maximum absolute atomic E-state index is 12.0. The Hall–Kier alpha value is -2.10. The Morgan fingerprint density at radius 2 is 1.77 bits per heavy atom. The molecule has 1 fully saturated rings. The molecule has 1 N–H and O–H groups in total. The van der Waals surface area contributed by atoms with Gasteiger partial charge in [-0.3, -0.25) is 4.79 Å². The number of rotatable bonds is 3. The Labute approximate surface area is 130 Å². The van der Waals surface area contributed by atoms with Crippen LogP contribution in [0, 0.1) is 5.41 Å². The fourth-order valence-corrected chi connectivity index (χ4v) is 2.51. The Morgan fingerprint density at radius 1 is 1.14 bits per heavy atom. The van der Waals surface area contributed by atoms with E-state index in [4.69, 9.17) is 4.74 Å². The van der Waals surface area contributed by atoms with Gasteiger partial charge in [-0.15, -0.1) is 0 Å². The summed E-state index contributed by atoms with van der Waals surface area (Å²) in [6.45, 7) is 5.34. The fraction of sp³-hybridized carbons (Fsp3) is 0.444. The summed E-state index contributed by atoms with van der Waals surface area (Å²) in [7, 11) is 0. The molecule has 0 radical (unpaired) electrons. The highest BCUT2D eigenvalue weighted by Crippen LogP contribution is 2.33. The molecule has 0 heterocycles. The SMILES string of the molecule is CC(C)(C)C(=O)Oc1cccc(C(C(=O)O)=C2CCCC2)c1. The van der Waals surface area contributed by atoms with Crippen LogP contribution < -0.4 is 4.74 Å². The van der Waals surface area contributed by atoms with Crippen molar-refractivity contribution < 1.29 is 19.4 Å². The van der Waals surface area contributed by atoms with E-state index in [-0.39, 0.29) is 5.97 Å². The van der Waals surface area contributed by atoms with Crippen molar-refractivity contribution >= 4 is 17.5 Å². The van der Waals surface area contributed by atoms with Gasteiger partial charge in [-0.1, -0.05) is 17.7 Å². The lowest BCUT2D eigenvalue weighted by Crippen LogP contribution is -2.25. The second-order valence-electron chi connectivity index (χ2n) is 6.66. The summed E-state index contributed by atoms with van der Waals surface area (Å²) in [4.78, 5) is 23.6. The van der Waals surface area contributed by atoms with E-state index >= 15 is 0 Å². The maximum atomic E-state index is 12.0. The monoisotopic (exact) mass is 302 g/mol. The van der Waals surface area contributed by atoms with Gasteiger partial charge in [0.25, 0.3) is 0 Å². The Kier molecular flexibility index (Phi) is 4.69. The minimum atomic E-state index is -0.920. The summed E-state index contributed by atoms with van der Waals surface area (Å²) in [5.74, 6) is -0.874. The highest BCUT2D eigenvalue weighted by molar-refractivity contribution is 6.16. The summed E-state index contributed by atoms with van der Waals surface area (Å²) in [6, 6.07) is 6.78. The van der Waals surface area contributed by atoms with E-state index in [0.29, 0.717) is 16.9 Å². The van der Waals surface area contributed by atoms with Crippen molar-refractivity contribution in [1.29, 1.82) is 0 Å². The zero-order chi connectivity index (χ0) is 16.3. The minimum Gasteiger partial charge on any atom is -0.478 e. The first-order valence-corrected chi connectivity index (χ1v) is 7.57. The van der Waals surface area contributed by atoms with Crippen molar-refractivity contribution in [3.63, 3.8) is 0 Å². The van der Waals surface area contributed by atoms with Gasteiger partial charge in [-0.05, 0) is 64.2 Å². The Bertz CT molecular complexity index is 612. The van der Waals surface area contributed by atoms with Gasteiger partial charge in [0.2, 0.25) is 0 Å². The second kappa shape index (κ2) is 6.34. The van der Waals surface area contributed by atoms with Crippen molar-refractivity contribution in [1.82, 2.24) is 0 Å². The lowest BCUT2D eigenvalue weighted by Gasteiger charge is -2.17. The number of carboxylic acids is 1. The molecule has 0 aromatic heterocycles. The van der Waals surface area contributed by atoms with Crippen LogP contribution in [0.2, 0.25) is 0 Å². The molecule has 0 spiro atoms. The second-order valence-corrected chi connectivity index (χ2v) is 6.66. The summed E-state index contributed by atoms with van der Waals surface area (Å²) >= 11 is 0. The third-order valence-corrected chi connectivity index (χ3v) is 3.72. The number of hydrogen-bond donors (Lipinski definition) is 1. The van der Waals surface area contributed by atoms with Crippen LogP contribution in [0.25, 0.3) is 5.57 Å². The molecule has 1 saturated carbocycles. The predicted molar refractivity (Wildman–Crippen MR) is 84.6 cm³/mol. The molecule has 1 aromatic carbocycles. The number of carbonyl (C=O) groups excluding carboxylic acids is 1. The van der Waals surface area contributed by atoms with Gasteiger partial charge in [0.05, 0.1) is 11.0 Å². The van der Waals surface area contributed by atoms with Crippen LogP contribution in [0.3, 0.4) is 0 Å². The normalized spacial score (nSPS) is 14.8. The average Bonchev–Trinajstić information content (AvgIpc) is 2.91. The van der Waals surface area contributed by atoms with Crippen molar-refractivity contribution in [3.05, 3.63) is 35.4 Å². The zero-order valence-electron chi connectivity index (χ0n) is 13.3. The van der Waals surface area contributed by atoms with Crippen LogP contribution in [-0.4, -0.2) is 17.0 Å². The number of esters is 1. The van der Waals surface area contributed by atoms with Gasteiger partial charge in [0.1, 0.15) is 5.75 Å². The van der Waals surface area contributed by atoms with Gasteiger partial charge in [0, 0.05) is 0 Å². The molecular formula is C18H22O4. The van der Waals surface area contributed by atoms with E-state index in [9.17, 15) is 14.7 Å². The predicted octanol–water partition coefficient (Wildman–Crippen LogP) is 4.05. The van der Waals surface area contributed by atoms with E-state index in [0.717, 1.165) is 31.3 Å². The van der Waals surface area contributed by atoms with E-state index in [2.05, 4.69) is 0 Å². The molecule has 4 nitrogen and oxygen atoms in total. The highest BCUT2D eigenvalue weighted by atomic mass is 16.5. The topological polar surface area (TPSA) is 63.6 Å². The first kappa shape index (κ1) is 16.3. The average molecular weight is 302 g/mol. The lowest BCUT2D eigenvalue weighted by molar-refractivity contribution is -0.143.